The predicted octanol–water partition coefficient (Wildman–Crippen LogP) is 3.98. The first-order chi connectivity index (χ1) is 14.1. The Kier molecular flexibility index (Phi) is 4.32. The van der Waals surface area contributed by atoms with Crippen LogP contribution in [0.15, 0.2) is 67.0 Å². The zero-order chi connectivity index (χ0) is 20.0. The monoisotopic (exact) mass is 384 g/mol. The molecule has 0 unspecified atom stereocenters. The number of hydrogen-bond acceptors (Lipinski definition) is 3. The van der Waals surface area contributed by atoms with Crippen molar-refractivity contribution in [3.63, 3.8) is 0 Å². The number of pyridine rings is 1. The SMILES string of the molecule is C[C@@H]1CN(C(=O)c2cn3c(-c4ccccc4)ncc3c3ccccc23)C[C@H](C)N1. The number of nitrogens with one attached hydrogen (secondary N) is 1. The van der Waals surface area contributed by atoms with E-state index in [1.165, 1.54) is 0 Å². The number of carbonyl (C=O) groups is 1. The van der Waals surface area contributed by atoms with Crippen LogP contribution in [0.25, 0.3) is 27.7 Å². The van der Waals surface area contributed by atoms with Crippen LogP contribution in [-0.4, -0.2) is 45.4 Å². The molecule has 5 nitrogen and oxygen atoms in total. The minimum absolute atomic E-state index is 0.0796. The van der Waals surface area contributed by atoms with E-state index in [4.69, 9.17) is 0 Å². The number of rotatable bonds is 2. The number of nitrogens with zero attached hydrogens (tertiary/aromatic N) is 3. The summed E-state index contributed by atoms with van der Waals surface area (Å²) in [6.45, 7) is 5.68. The molecule has 0 saturated carbocycles. The third-order valence-electron chi connectivity index (χ3n) is 5.66. The summed E-state index contributed by atoms with van der Waals surface area (Å²) < 4.78 is 2.06. The van der Waals surface area contributed by atoms with Crippen molar-refractivity contribution in [1.82, 2.24) is 19.6 Å². The van der Waals surface area contributed by atoms with Crippen molar-refractivity contribution in [3.8, 4) is 11.4 Å². The van der Waals surface area contributed by atoms with Gasteiger partial charge in [0.25, 0.3) is 5.91 Å². The number of amides is 1. The Labute approximate surface area is 170 Å². The number of imidazole rings is 1. The highest BCUT2D eigenvalue weighted by Gasteiger charge is 2.27. The summed E-state index contributed by atoms with van der Waals surface area (Å²) in [4.78, 5) is 20.2. The number of fused-ring (bicyclic) bond motifs is 3. The van der Waals surface area contributed by atoms with Crippen molar-refractivity contribution in [2.24, 2.45) is 0 Å². The second-order valence-electron chi connectivity index (χ2n) is 7.97. The molecule has 0 radical (unpaired) electrons. The Morgan fingerprint density at radius 3 is 2.34 bits per heavy atom. The molecule has 5 heteroatoms. The van der Waals surface area contributed by atoms with Gasteiger partial charge >= 0.3 is 0 Å². The molecule has 2 aromatic heterocycles. The van der Waals surface area contributed by atoms with Crippen LogP contribution in [0.5, 0.6) is 0 Å². The van der Waals surface area contributed by atoms with Crippen molar-refractivity contribution < 1.29 is 4.79 Å². The van der Waals surface area contributed by atoms with Crippen LogP contribution in [0.4, 0.5) is 0 Å². The predicted molar refractivity (Wildman–Crippen MR) is 116 cm³/mol. The van der Waals surface area contributed by atoms with Gasteiger partial charge in [-0.2, -0.15) is 0 Å². The molecule has 2 atom stereocenters. The lowest BCUT2D eigenvalue weighted by Gasteiger charge is -2.36. The van der Waals surface area contributed by atoms with Crippen molar-refractivity contribution in [2.75, 3.05) is 13.1 Å². The van der Waals surface area contributed by atoms with Crippen LogP contribution < -0.4 is 5.32 Å². The lowest BCUT2D eigenvalue weighted by atomic mass is 10.0. The normalized spacial score (nSPS) is 19.7. The molecule has 1 aliphatic heterocycles. The first-order valence-electron chi connectivity index (χ1n) is 10.1. The Bertz CT molecular complexity index is 1190. The van der Waals surface area contributed by atoms with Crippen molar-refractivity contribution in [1.29, 1.82) is 0 Å². The van der Waals surface area contributed by atoms with Gasteiger partial charge in [-0.25, -0.2) is 4.98 Å². The molecule has 0 spiro atoms. The number of benzene rings is 2. The van der Waals surface area contributed by atoms with Crippen molar-refractivity contribution >= 4 is 22.2 Å². The summed E-state index contributed by atoms with van der Waals surface area (Å²) in [5, 5.41) is 5.52. The molecule has 3 heterocycles. The fourth-order valence-corrected chi connectivity index (χ4v) is 4.47. The molecular formula is C24H24N4O. The first-order valence-corrected chi connectivity index (χ1v) is 10.1. The Morgan fingerprint density at radius 2 is 1.62 bits per heavy atom. The molecule has 5 rings (SSSR count). The maximum absolute atomic E-state index is 13.6. The average molecular weight is 384 g/mol. The van der Waals surface area contributed by atoms with E-state index in [1.807, 2.05) is 65.8 Å². The van der Waals surface area contributed by atoms with Crippen LogP contribution in [0, 0.1) is 0 Å². The smallest absolute Gasteiger partial charge is 0.256 e. The summed E-state index contributed by atoms with van der Waals surface area (Å²) in [6, 6.07) is 18.8. The minimum Gasteiger partial charge on any atom is -0.335 e. The number of carbonyl (C=O) groups excluding carboxylic acids is 1. The van der Waals surface area contributed by atoms with Crippen molar-refractivity contribution in [2.45, 2.75) is 25.9 Å². The van der Waals surface area contributed by atoms with E-state index in [2.05, 4.69) is 34.6 Å². The summed E-state index contributed by atoms with van der Waals surface area (Å²) in [5.74, 6) is 0.929. The molecule has 0 aliphatic carbocycles. The van der Waals surface area contributed by atoms with E-state index in [1.54, 1.807) is 0 Å². The highest BCUT2D eigenvalue weighted by atomic mass is 16.2. The lowest BCUT2D eigenvalue weighted by molar-refractivity contribution is 0.0675. The maximum atomic E-state index is 13.6. The van der Waals surface area contributed by atoms with Gasteiger partial charge in [0, 0.05) is 42.3 Å². The lowest BCUT2D eigenvalue weighted by Crippen LogP contribution is -2.55. The van der Waals surface area contributed by atoms with Gasteiger partial charge in [0.05, 0.1) is 17.3 Å². The standard InChI is InChI=1S/C24H24N4O/c1-16-13-27(14-17(2)26-16)24(29)21-15-28-22(20-11-7-6-10-19(20)21)12-25-23(28)18-8-4-3-5-9-18/h3-12,15-17,26H,13-14H2,1-2H3/t16-,17+. The summed E-state index contributed by atoms with van der Waals surface area (Å²) >= 11 is 0. The van der Waals surface area contributed by atoms with Crippen LogP contribution in [0.3, 0.4) is 0 Å². The van der Waals surface area contributed by atoms with Gasteiger partial charge in [-0.15, -0.1) is 0 Å². The fraction of sp³-hybridized carbons (Fsp3) is 0.250. The van der Waals surface area contributed by atoms with Gasteiger partial charge in [-0.1, -0.05) is 54.6 Å². The second-order valence-corrected chi connectivity index (χ2v) is 7.97. The molecule has 4 aromatic rings. The Hall–Kier alpha value is -3.18. The molecule has 0 bridgehead atoms. The van der Waals surface area contributed by atoms with Crippen LogP contribution in [-0.2, 0) is 0 Å². The van der Waals surface area contributed by atoms with Crippen LogP contribution in [0.2, 0.25) is 0 Å². The van der Waals surface area contributed by atoms with Gasteiger partial charge in [-0.05, 0) is 19.2 Å². The minimum atomic E-state index is 0.0796. The third-order valence-corrected chi connectivity index (χ3v) is 5.66. The zero-order valence-corrected chi connectivity index (χ0v) is 16.7. The van der Waals surface area contributed by atoms with E-state index in [9.17, 15) is 4.79 Å². The summed E-state index contributed by atoms with van der Waals surface area (Å²) in [6.07, 6.45) is 3.86. The molecule has 1 amide bonds. The zero-order valence-electron chi connectivity index (χ0n) is 16.7. The van der Waals surface area contributed by atoms with E-state index in [0.29, 0.717) is 13.1 Å². The van der Waals surface area contributed by atoms with E-state index >= 15 is 0 Å². The quantitative estimate of drug-likeness (QED) is 0.569. The fourth-order valence-electron chi connectivity index (χ4n) is 4.47. The molecule has 1 saturated heterocycles. The van der Waals surface area contributed by atoms with E-state index < -0.39 is 0 Å². The Balaban J connectivity index is 1.70. The third kappa shape index (κ3) is 3.08. The number of piperazine rings is 1. The van der Waals surface area contributed by atoms with E-state index in [0.717, 1.165) is 33.2 Å². The van der Waals surface area contributed by atoms with Crippen LogP contribution in [0.1, 0.15) is 24.2 Å². The van der Waals surface area contributed by atoms with Gasteiger partial charge in [0.1, 0.15) is 5.82 Å². The van der Waals surface area contributed by atoms with Gasteiger partial charge in [-0.3, -0.25) is 9.20 Å². The largest absolute Gasteiger partial charge is 0.335 e. The number of aromatic nitrogens is 2. The first kappa shape index (κ1) is 17.9. The topological polar surface area (TPSA) is 49.6 Å². The summed E-state index contributed by atoms with van der Waals surface area (Å²) in [7, 11) is 0. The molecule has 146 valence electrons. The summed E-state index contributed by atoms with van der Waals surface area (Å²) in [5.41, 5.74) is 2.77. The molecule has 2 aromatic carbocycles. The molecule has 1 N–H and O–H groups in total. The van der Waals surface area contributed by atoms with Gasteiger partial charge < -0.3 is 10.2 Å². The average Bonchev–Trinajstić information content (AvgIpc) is 3.17. The maximum Gasteiger partial charge on any atom is 0.256 e. The van der Waals surface area contributed by atoms with Gasteiger partial charge in [0.2, 0.25) is 0 Å². The van der Waals surface area contributed by atoms with Crippen LogP contribution >= 0.6 is 0 Å². The van der Waals surface area contributed by atoms with E-state index in [-0.39, 0.29) is 18.0 Å². The molecular weight excluding hydrogens is 360 g/mol. The molecule has 1 aliphatic rings. The van der Waals surface area contributed by atoms with Gasteiger partial charge in [0.15, 0.2) is 0 Å². The molecule has 1 fully saturated rings. The highest BCUT2D eigenvalue weighted by molar-refractivity contribution is 6.11. The number of hydrogen-bond donors (Lipinski definition) is 1. The van der Waals surface area contributed by atoms with Crippen molar-refractivity contribution in [3.05, 3.63) is 72.6 Å². The highest BCUT2D eigenvalue weighted by Crippen LogP contribution is 2.29. The second kappa shape index (κ2) is 7.01. The molecule has 29 heavy (non-hydrogen) atoms. The Morgan fingerprint density at radius 1 is 0.966 bits per heavy atom.